The fourth-order valence-corrected chi connectivity index (χ4v) is 1.68. The zero-order chi connectivity index (χ0) is 14.4. The molecule has 106 valence electrons. The Morgan fingerprint density at radius 3 is 2.50 bits per heavy atom. The molecule has 0 atom stereocenters. The maximum atomic E-state index is 5.83. The number of rotatable bonds is 6. The number of aromatic nitrogens is 2. The highest BCUT2D eigenvalue weighted by Crippen LogP contribution is 2.12. The maximum Gasteiger partial charge on any atom is 0.232 e. The lowest BCUT2D eigenvalue weighted by molar-refractivity contribution is 0.292. The average Bonchev–Trinajstić information content (AvgIpc) is 2.45. The van der Waals surface area contributed by atoms with Crippen LogP contribution in [0.25, 0.3) is 0 Å². The van der Waals surface area contributed by atoms with E-state index in [9.17, 15) is 0 Å². The van der Waals surface area contributed by atoms with E-state index in [-0.39, 0.29) is 0 Å². The van der Waals surface area contributed by atoms with Crippen molar-refractivity contribution >= 4 is 11.6 Å². The third kappa shape index (κ3) is 4.79. The van der Waals surface area contributed by atoms with Crippen LogP contribution in [0, 0.1) is 0 Å². The second kappa shape index (κ2) is 7.22. The van der Waals surface area contributed by atoms with Crippen molar-refractivity contribution in [1.82, 2.24) is 15.3 Å². The largest absolute Gasteiger partial charge is 0.472 e. The van der Waals surface area contributed by atoms with Gasteiger partial charge in [0.25, 0.3) is 0 Å². The van der Waals surface area contributed by atoms with Crippen molar-refractivity contribution in [2.24, 2.45) is 0 Å². The van der Waals surface area contributed by atoms with Gasteiger partial charge in [0.15, 0.2) is 0 Å². The van der Waals surface area contributed by atoms with Gasteiger partial charge in [-0.1, -0.05) is 37.6 Å². The van der Waals surface area contributed by atoms with Crippen LogP contribution in [-0.2, 0) is 13.2 Å². The number of ether oxygens (including phenoxy) is 1. The highest BCUT2D eigenvalue weighted by molar-refractivity contribution is 6.30. The molecule has 5 heteroatoms. The van der Waals surface area contributed by atoms with E-state index in [1.54, 1.807) is 12.4 Å². The van der Waals surface area contributed by atoms with Gasteiger partial charge >= 0.3 is 0 Å². The van der Waals surface area contributed by atoms with Crippen molar-refractivity contribution in [3.05, 3.63) is 52.9 Å². The number of nitrogens with zero attached hydrogens (tertiary/aromatic N) is 2. The predicted octanol–water partition coefficient (Wildman–Crippen LogP) is 3.21. The molecular formula is C15H18ClN3O. The van der Waals surface area contributed by atoms with Crippen molar-refractivity contribution in [2.45, 2.75) is 33.0 Å². The molecule has 0 aliphatic rings. The lowest BCUT2D eigenvalue weighted by Crippen LogP contribution is -2.22. The molecule has 20 heavy (non-hydrogen) atoms. The van der Waals surface area contributed by atoms with Gasteiger partial charge in [-0.05, 0) is 17.7 Å². The van der Waals surface area contributed by atoms with E-state index in [0.29, 0.717) is 25.1 Å². The molecule has 0 spiro atoms. The minimum Gasteiger partial charge on any atom is -0.472 e. The van der Waals surface area contributed by atoms with Crippen LogP contribution in [0.4, 0.5) is 0 Å². The summed E-state index contributed by atoms with van der Waals surface area (Å²) >= 11 is 5.83. The minimum atomic E-state index is 0.428. The molecule has 0 amide bonds. The molecule has 0 aliphatic heterocycles. The second-order valence-electron chi connectivity index (χ2n) is 4.80. The molecule has 1 heterocycles. The van der Waals surface area contributed by atoms with E-state index in [1.807, 2.05) is 24.3 Å². The average molecular weight is 292 g/mol. The van der Waals surface area contributed by atoms with E-state index >= 15 is 0 Å². The zero-order valence-corrected chi connectivity index (χ0v) is 12.4. The predicted molar refractivity (Wildman–Crippen MR) is 79.8 cm³/mol. The van der Waals surface area contributed by atoms with Gasteiger partial charge in [-0.3, -0.25) is 4.98 Å². The molecule has 0 saturated carbocycles. The first-order chi connectivity index (χ1) is 9.63. The number of benzene rings is 1. The third-order valence-electron chi connectivity index (χ3n) is 2.67. The van der Waals surface area contributed by atoms with Gasteiger partial charge in [-0.15, -0.1) is 0 Å². The summed E-state index contributed by atoms with van der Waals surface area (Å²) in [6.45, 7) is 5.35. The Balaban J connectivity index is 1.85. The van der Waals surface area contributed by atoms with E-state index < -0.39 is 0 Å². The van der Waals surface area contributed by atoms with Crippen molar-refractivity contribution in [1.29, 1.82) is 0 Å². The molecule has 0 radical (unpaired) electrons. The SMILES string of the molecule is CC(C)NCc1cnc(OCc2ccc(Cl)cc2)cn1. The number of hydrogen-bond donors (Lipinski definition) is 1. The van der Waals surface area contributed by atoms with Gasteiger partial charge in [0.2, 0.25) is 5.88 Å². The molecule has 0 fully saturated rings. The lowest BCUT2D eigenvalue weighted by Gasteiger charge is -2.08. The number of hydrogen-bond acceptors (Lipinski definition) is 4. The van der Waals surface area contributed by atoms with Gasteiger partial charge in [0, 0.05) is 17.6 Å². The zero-order valence-electron chi connectivity index (χ0n) is 11.6. The van der Waals surface area contributed by atoms with Gasteiger partial charge < -0.3 is 10.1 Å². The van der Waals surface area contributed by atoms with Gasteiger partial charge in [0.05, 0.1) is 18.1 Å². The van der Waals surface area contributed by atoms with E-state index in [1.165, 1.54) is 0 Å². The lowest BCUT2D eigenvalue weighted by atomic mass is 10.2. The molecule has 1 aromatic carbocycles. The molecular weight excluding hydrogens is 274 g/mol. The highest BCUT2D eigenvalue weighted by atomic mass is 35.5. The standard InChI is InChI=1S/C15H18ClN3O/c1-11(2)17-7-14-8-19-15(9-18-14)20-10-12-3-5-13(16)6-4-12/h3-6,8-9,11,17H,7,10H2,1-2H3. The monoisotopic (exact) mass is 291 g/mol. The fraction of sp³-hybridized carbons (Fsp3) is 0.333. The summed E-state index contributed by atoms with van der Waals surface area (Å²) < 4.78 is 5.58. The van der Waals surface area contributed by atoms with Crippen LogP contribution < -0.4 is 10.1 Å². The first kappa shape index (κ1) is 14.8. The van der Waals surface area contributed by atoms with Crippen LogP contribution in [0.1, 0.15) is 25.1 Å². The van der Waals surface area contributed by atoms with Crippen molar-refractivity contribution in [3.8, 4) is 5.88 Å². The first-order valence-corrected chi connectivity index (χ1v) is 6.93. The minimum absolute atomic E-state index is 0.428. The normalized spacial score (nSPS) is 10.8. The summed E-state index contributed by atoms with van der Waals surface area (Å²) in [5, 5.41) is 4.01. The fourth-order valence-electron chi connectivity index (χ4n) is 1.56. The van der Waals surface area contributed by atoms with E-state index in [0.717, 1.165) is 16.3 Å². The Morgan fingerprint density at radius 1 is 1.15 bits per heavy atom. The quantitative estimate of drug-likeness (QED) is 0.888. The molecule has 0 saturated heterocycles. The topological polar surface area (TPSA) is 47.0 Å². The van der Waals surface area contributed by atoms with Crippen LogP contribution >= 0.6 is 11.6 Å². The summed E-state index contributed by atoms with van der Waals surface area (Å²) in [5.74, 6) is 0.522. The molecule has 1 aromatic heterocycles. The van der Waals surface area contributed by atoms with E-state index in [4.69, 9.17) is 16.3 Å². The summed E-state index contributed by atoms with van der Waals surface area (Å²) in [5.41, 5.74) is 1.94. The Morgan fingerprint density at radius 2 is 1.90 bits per heavy atom. The van der Waals surface area contributed by atoms with Crippen LogP contribution in [0.2, 0.25) is 5.02 Å². The second-order valence-corrected chi connectivity index (χ2v) is 5.23. The maximum absolute atomic E-state index is 5.83. The molecule has 0 bridgehead atoms. The van der Waals surface area contributed by atoms with Gasteiger partial charge in [-0.25, -0.2) is 4.98 Å². The molecule has 1 N–H and O–H groups in total. The number of halogens is 1. The Labute approximate surface area is 124 Å². The Bertz CT molecular complexity index is 526. The third-order valence-corrected chi connectivity index (χ3v) is 2.93. The molecule has 0 aliphatic carbocycles. The van der Waals surface area contributed by atoms with Gasteiger partial charge in [-0.2, -0.15) is 0 Å². The van der Waals surface area contributed by atoms with Crippen molar-refractivity contribution in [3.63, 3.8) is 0 Å². The van der Waals surface area contributed by atoms with Crippen LogP contribution in [0.15, 0.2) is 36.7 Å². The summed E-state index contributed by atoms with van der Waals surface area (Å²) in [6.07, 6.45) is 3.37. The highest BCUT2D eigenvalue weighted by Gasteiger charge is 2.01. The summed E-state index contributed by atoms with van der Waals surface area (Å²) in [7, 11) is 0. The van der Waals surface area contributed by atoms with Crippen LogP contribution in [0.3, 0.4) is 0 Å². The smallest absolute Gasteiger partial charge is 0.232 e. The molecule has 4 nitrogen and oxygen atoms in total. The van der Waals surface area contributed by atoms with Crippen LogP contribution in [-0.4, -0.2) is 16.0 Å². The Kier molecular flexibility index (Phi) is 5.32. The summed E-state index contributed by atoms with van der Waals surface area (Å²) in [4.78, 5) is 8.54. The molecule has 0 unspecified atom stereocenters. The first-order valence-electron chi connectivity index (χ1n) is 6.55. The Hall–Kier alpha value is -1.65. The molecule has 2 rings (SSSR count). The van der Waals surface area contributed by atoms with Gasteiger partial charge in [0.1, 0.15) is 6.61 Å². The van der Waals surface area contributed by atoms with Crippen molar-refractivity contribution in [2.75, 3.05) is 0 Å². The summed E-state index contributed by atoms with van der Waals surface area (Å²) in [6, 6.07) is 7.96. The van der Waals surface area contributed by atoms with E-state index in [2.05, 4.69) is 29.1 Å². The van der Waals surface area contributed by atoms with Crippen molar-refractivity contribution < 1.29 is 4.74 Å². The number of nitrogens with one attached hydrogen (secondary N) is 1. The van der Waals surface area contributed by atoms with Crippen LogP contribution in [0.5, 0.6) is 5.88 Å². The molecule has 2 aromatic rings.